The van der Waals surface area contributed by atoms with Crippen LogP contribution >= 0.6 is 0 Å². The fourth-order valence-electron chi connectivity index (χ4n) is 3.06. The Morgan fingerprint density at radius 3 is 2.74 bits per heavy atom. The Labute approximate surface area is 156 Å². The van der Waals surface area contributed by atoms with Crippen LogP contribution in [0.1, 0.15) is 6.42 Å². The lowest BCUT2D eigenvalue weighted by atomic mass is 10.2. The van der Waals surface area contributed by atoms with Gasteiger partial charge < -0.3 is 15.0 Å². The van der Waals surface area contributed by atoms with E-state index in [9.17, 15) is 4.79 Å². The topological polar surface area (TPSA) is 85.2 Å². The molecule has 4 rings (SSSR count). The summed E-state index contributed by atoms with van der Waals surface area (Å²) in [5.41, 5.74) is 2.59. The summed E-state index contributed by atoms with van der Waals surface area (Å²) in [5.74, 6) is 1.44. The van der Waals surface area contributed by atoms with E-state index in [0.29, 0.717) is 18.9 Å². The van der Waals surface area contributed by atoms with Crippen LogP contribution in [0.5, 0.6) is 5.75 Å². The molecule has 138 valence electrons. The van der Waals surface area contributed by atoms with E-state index in [4.69, 9.17) is 4.74 Å². The van der Waals surface area contributed by atoms with Gasteiger partial charge in [0.2, 0.25) is 11.9 Å². The van der Waals surface area contributed by atoms with Gasteiger partial charge in [0.05, 0.1) is 30.7 Å². The number of likely N-dealkylation sites (tertiary alicyclic amines) is 1. The Morgan fingerprint density at radius 2 is 2.04 bits per heavy atom. The SMILES string of the molecule is COc1ccc(-n2cc(-c3ccnc(N[C@@H]4CC(=O)N(C)C4)n3)cn2)cc1. The van der Waals surface area contributed by atoms with Crippen LogP contribution in [0.25, 0.3) is 16.9 Å². The minimum Gasteiger partial charge on any atom is -0.497 e. The van der Waals surface area contributed by atoms with Crippen LogP contribution in [0.4, 0.5) is 5.95 Å². The van der Waals surface area contributed by atoms with Crippen molar-refractivity contribution in [2.24, 2.45) is 0 Å². The summed E-state index contributed by atoms with van der Waals surface area (Å²) in [7, 11) is 3.44. The molecule has 1 saturated heterocycles. The number of anilines is 1. The van der Waals surface area contributed by atoms with Gasteiger partial charge in [-0.1, -0.05) is 0 Å². The molecule has 1 N–H and O–H groups in total. The van der Waals surface area contributed by atoms with Crippen molar-refractivity contribution in [3.8, 4) is 22.7 Å². The predicted molar refractivity (Wildman–Crippen MR) is 101 cm³/mol. The second-order valence-corrected chi connectivity index (χ2v) is 6.46. The van der Waals surface area contributed by atoms with Crippen molar-refractivity contribution >= 4 is 11.9 Å². The number of benzene rings is 1. The van der Waals surface area contributed by atoms with E-state index in [1.54, 1.807) is 36.1 Å². The molecular formula is C19H20N6O2. The van der Waals surface area contributed by atoms with Gasteiger partial charge in [0.1, 0.15) is 5.75 Å². The molecule has 1 aromatic carbocycles. The van der Waals surface area contributed by atoms with E-state index in [2.05, 4.69) is 20.4 Å². The zero-order valence-electron chi connectivity index (χ0n) is 15.2. The monoisotopic (exact) mass is 364 g/mol. The van der Waals surface area contributed by atoms with Crippen molar-refractivity contribution in [2.45, 2.75) is 12.5 Å². The number of carbonyl (C=O) groups excluding carboxylic acids is 1. The van der Waals surface area contributed by atoms with Gasteiger partial charge in [0, 0.05) is 38.0 Å². The number of rotatable bonds is 5. The molecule has 1 fully saturated rings. The summed E-state index contributed by atoms with van der Waals surface area (Å²) in [6.45, 7) is 0.655. The third-order valence-corrected chi connectivity index (χ3v) is 4.55. The van der Waals surface area contributed by atoms with Crippen molar-refractivity contribution in [3.63, 3.8) is 0 Å². The number of aromatic nitrogens is 4. The highest BCUT2D eigenvalue weighted by atomic mass is 16.5. The van der Waals surface area contributed by atoms with Crippen molar-refractivity contribution in [3.05, 3.63) is 48.9 Å². The Kier molecular flexibility index (Phi) is 4.45. The number of nitrogens with zero attached hydrogens (tertiary/aromatic N) is 5. The molecule has 0 bridgehead atoms. The molecule has 1 atom stereocenters. The molecular weight excluding hydrogens is 344 g/mol. The van der Waals surface area contributed by atoms with Gasteiger partial charge in [-0.25, -0.2) is 14.6 Å². The molecule has 0 spiro atoms. The van der Waals surface area contributed by atoms with Gasteiger partial charge in [-0.15, -0.1) is 0 Å². The third kappa shape index (κ3) is 3.59. The number of ether oxygens (including phenoxy) is 1. The van der Waals surface area contributed by atoms with E-state index in [1.165, 1.54) is 0 Å². The van der Waals surface area contributed by atoms with E-state index in [0.717, 1.165) is 22.7 Å². The molecule has 1 aliphatic heterocycles. The molecule has 0 aliphatic carbocycles. The molecule has 27 heavy (non-hydrogen) atoms. The van der Waals surface area contributed by atoms with Gasteiger partial charge in [0.15, 0.2) is 0 Å². The molecule has 3 heterocycles. The standard InChI is InChI=1S/C19H20N6O2/c1-24-12-14(9-18(24)26)22-19-20-8-7-17(23-19)13-10-21-25(11-13)15-3-5-16(27-2)6-4-15/h3-8,10-11,14H,9,12H2,1-2H3,(H,20,22,23)/t14-/m1/s1. The Bertz CT molecular complexity index is 953. The minimum absolute atomic E-state index is 0.0276. The van der Waals surface area contributed by atoms with Crippen LogP contribution in [-0.4, -0.2) is 57.3 Å². The number of hydrogen-bond donors (Lipinski definition) is 1. The fraction of sp³-hybridized carbons (Fsp3) is 0.263. The van der Waals surface area contributed by atoms with Gasteiger partial charge in [0.25, 0.3) is 0 Å². The summed E-state index contributed by atoms with van der Waals surface area (Å²) in [6.07, 6.45) is 5.85. The van der Waals surface area contributed by atoms with Crippen molar-refractivity contribution in [1.29, 1.82) is 0 Å². The second kappa shape index (κ2) is 7.06. The molecule has 8 nitrogen and oxygen atoms in total. The quantitative estimate of drug-likeness (QED) is 0.745. The van der Waals surface area contributed by atoms with Crippen molar-refractivity contribution in [1.82, 2.24) is 24.6 Å². The van der Waals surface area contributed by atoms with Crippen LogP contribution < -0.4 is 10.1 Å². The Hall–Kier alpha value is -3.42. The molecule has 2 aromatic heterocycles. The van der Waals surface area contributed by atoms with Crippen LogP contribution in [0.2, 0.25) is 0 Å². The molecule has 0 radical (unpaired) electrons. The fourth-order valence-corrected chi connectivity index (χ4v) is 3.06. The van der Waals surface area contributed by atoms with Crippen LogP contribution in [0.15, 0.2) is 48.9 Å². The number of likely N-dealkylation sites (N-methyl/N-ethyl adjacent to an activating group) is 1. The highest BCUT2D eigenvalue weighted by molar-refractivity contribution is 5.79. The van der Waals surface area contributed by atoms with Gasteiger partial charge in [-0.3, -0.25) is 4.79 Å². The maximum Gasteiger partial charge on any atom is 0.224 e. The highest BCUT2D eigenvalue weighted by Crippen LogP contribution is 2.21. The zero-order valence-corrected chi connectivity index (χ0v) is 15.2. The van der Waals surface area contributed by atoms with Crippen LogP contribution in [-0.2, 0) is 4.79 Å². The van der Waals surface area contributed by atoms with E-state index < -0.39 is 0 Å². The van der Waals surface area contributed by atoms with E-state index in [1.807, 2.05) is 36.5 Å². The first-order chi connectivity index (χ1) is 13.1. The molecule has 0 unspecified atom stereocenters. The summed E-state index contributed by atoms with van der Waals surface area (Å²) in [4.78, 5) is 22.2. The van der Waals surface area contributed by atoms with E-state index in [-0.39, 0.29) is 11.9 Å². The zero-order chi connectivity index (χ0) is 18.8. The summed E-state index contributed by atoms with van der Waals surface area (Å²) in [6, 6.07) is 9.53. The number of methoxy groups -OCH3 is 1. The lowest BCUT2D eigenvalue weighted by Gasteiger charge is -2.12. The number of hydrogen-bond acceptors (Lipinski definition) is 6. The van der Waals surface area contributed by atoms with Gasteiger partial charge in [-0.05, 0) is 30.3 Å². The first kappa shape index (κ1) is 17.0. The number of nitrogens with one attached hydrogen (secondary N) is 1. The molecule has 3 aromatic rings. The van der Waals surface area contributed by atoms with Gasteiger partial charge >= 0.3 is 0 Å². The molecule has 1 amide bonds. The number of carbonyl (C=O) groups is 1. The maximum absolute atomic E-state index is 11.7. The maximum atomic E-state index is 11.7. The molecule has 0 saturated carbocycles. The largest absolute Gasteiger partial charge is 0.497 e. The highest BCUT2D eigenvalue weighted by Gasteiger charge is 2.27. The second-order valence-electron chi connectivity index (χ2n) is 6.46. The average Bonchev–Trinajstić information content (AvgIpc) is 3.29. The normalized spacial score (nSPS) is 16.6. The lowest BCUT2D eigenvalue weighted by Crippen LogP contribution is -2.25. The first-order valence-corrected chi connectivity index (χ1v) is 8.65. The molecule has 8 heteroatoms. The molecule has 1 aliphatic rings. The van der Waals surface area contributed by atoms with Crippen LogP contribution in [0.3, 0.4) is 0 Å². The summed E-state index contributed by atoms with van der Waals surface area (Å²) >= 11 is 0. The first-order valence-electron chi connectivity index (χ1n) is 8.65. The third-order valence-electron chi connectivity index (χ3n) is 4.55. The van der Waals surface area contributed by atoms with Crippen LogP contribution in [0, 0.1) is 0 Å². The smallest absolute Gasteiger partial charge is 0.224 e. The van der Waals surface area contributed by atoms with Gasteiger partial charge in [-0.2, -0.15) is 5.10 Å². The minimum atomic E-state index is 0.0276. The van der Waals surface area contributed by atoms with E-state index >= 15 is 0 Å². The number of amides is 1. The average molecular weight is 364 g/mol. The predicted octanol–water partition coefficient (Wildman–Crippen LogP) is 1.98. The Morgan fingerprint density at radius 1 is 1.22 bits per heavy atom. The summed E-state index contributed by atoms with van der Waals surface area (Å²) in [5, 5.41) is 7.65. The lowest BCUT2D eigenvalue weighted by molar-refractivity contribution is -0.126. The van der Waals surface area contributed by atoms with Crippen molar-refractivity contribution in [2.75, 3.05) is 26.0 Å². The Balaban J connectivity index is 1.52. The summed E-state index contributed by atoms with van der Waals surface area (Å²) < 4.78 is 6.97. The van der Waals surface area contributed by atoms with Crippen molar-refractivity contribution < 1.29 is 9.53 Å².